The van der Waals surface area contributed by atoms with Crippen LogP contribution in [0.2, 0.25) is 0 Å². The van der Waals surface area contributed by atoms with Gasteiger partial charge in [0.05, 0.1) is 0 Å². The minimum atomic E-state index is 0.410. The van der Waals surface area contributed by atoms with Crippen LogP contribution in [0.3, 0.4) is 0 Å². The molecule has 1 fully saturated rings. The van der Waals surface area contributed by atoms with Gasteiger partial charge in [-0.25, -0.2) is 9.97 Å². The lowest BCUT2D eigenvalue weighted by atomic mass is 9.84. The fourth-order valence-electron chi connectivity index (χ4n) is 3.17. The second kappa shape index (κ2) is 6.91. The molecule has 0 aromatic carbocycles. The monoisotopic (exact) mass is 276 g/mol. The number of aromatic nitrogens is 2. The Morgan fingerprint density at radius 2 is 1.80 bits per heavy atom. The highest BCUT2D eigenvalue weighted by Gasteiger charge is 2.22. The molecule has 0 aliphatic heterocycles. The third kappa shape index (κ3) is 3.41. The van der Waals surface area contributed by atoms with Crippen LogP contribution in [0, 0.1) is 5.92 Å². The predicted octanol–water partition coefficient (Wildman–Crippen LogP) is 4.02. The highest BCUT2D eigenvalue weighted by atomic mass is 15.1. The number of hydrogen-bond donors (Lipinski definition) is 2. The topological polar surface area (TPSA) is 49.8 Å². The molecule has 0 radical (unpaired) electrons. The molecular weight excluding hydrogens is 248 g/mol. The lowest BCUT2D eigenvalue weighted by molar-refractivity contribution is 0.329. The van der Waals surface area contributed by atoms with Crippen LogP contribution in [0.5, 0.6) is 0 Å². The van der Waals surface area contributed by atoms with E-state index in [4.69, 9.17) is 0 Å². The summed E-state index contributed by atoms with van der Waals surface area (Å²) in [6, 6.07) is 0.565. The third-order valence-electron chi connectivity index (χ3n) is 4.46. The first-order chi connectivity index (χ1) is 9.65. The van der Waals surface area contributed by atoms with E-state index in [1.165, 1.54) is 37.7 Å². The maximum absolute atomic E-state index is 4.48. The van der Waals surface area contributed by atoms with E-state index in [1.54, 1.807) is 6.33 Å². The minimum Gasteiger partial charge on any atom is -0.373 e. The van der Waals surface area contributed by atoms with E-state index >= 15 is 0 Å². The normalized spacial score (nSPS) is 22.9. The van der Waals surface area contributed by atoms with Gasteiger partial charge in [0.1, 0.15) is 18.0 Å². The van der Waals surface area contributed by atoms with E-state index in [0.717, 1.165) is 17.6 Å². The lowest BCUT2D eigenvalue weighted by Gasteiger charge is -2.30. The Hall–Kier alpha value is -1.32. The molecule has 0 bridgehead atoms. The van der Waals surface area contributed by atoms with Gasteiger partial charge < -0.3 is 10.6 Å². The molecule has 0 amide bonds. The summed E-state index contributed by atoms with van der Waals surface area (Å²) in [5.74, 6) is 3.29. The highest BCUT2D eigenvalue weighted by molar-refractivity contribution is 5.59. The standard InChI is InChI=1S/C16H28N4/c1-5-12-6-8-13(9-7-12)20-16-14(11(2)3)15(17-4)18-10-19-16/h10-13H,5-9H2,1-4H3,(H2,17,18,19,20). The Bertz CT molecular complexity index is 422. The molecule has 112 valence electrons. The van der Waals surface area contributed by atoms with Gasteiger partial charge >= 0.3 is 0 Å². The van der Waals surface area contributed by atoms with Gasteiger partial charge in [0.15, 0.2) is 0 Å². The van der Waals surface area contributed by atoms with Gasteiger partial charge in [-0.15, -0.1) is 0 Å². The van der Waals surface area contributed by atoms with Gasteiger partial charge in [0, 0.05) is 18.7 Å². The van der Waals surface area contributed by atoms with Crippen LogP contribution in [-0.4, -0.2) is 23.1 Å². The van der Waals surface area contributed by atoms with E-state index in [2.05, 4.69) is 41.4 Å². The molecule has 2 N–H and O–H groups in total. The zero-order valence-electron chi connectivity index (χ0n) is 13.2. The zero-order valence-corrected chi connectivity index (χ0v) is 13.2. The van der Waals surface area contributed by atoms with E-state index < -0.39 is 0 Å². The summed E-state index contributed by atoms with van der Waals surface area (Å²) in [4.78, 5) is 8.81. The average molecular weight is 276 g/mol. The number of hydrogen-bond acceptors (Lipinski definition) is 4. The van der Waals surface area contributed by atoms with Gasteiger partial charge in [-0.3, -0.25) is 0 Å². The largest absolute Gasteiger partial charge is 0.373 e. The van der Waals surface area contributed by atoms with Crippen molar-refractivity contribution in [3.05, 3.63) is 11.9 Å². The van der Waals surface area contributed by atoms with Crippen molar-refractivity contribution in [1.82, 2.24) is 9.97 Å². The smallest absolute Gasteiger partial charge is 0.135 e. The molecule has 0 atom stereocenters. The van der Waals surface area contributed by atoms with Gasteiger partial charge in [-0.05, 0) is 37.5 Å². The van der Waals surface area contributed by atoms with Crippen LogP contribution >= 0.6 is 0 Å². The van der Waals surface area contributed by atoms with Crippen molar-refractivity contribution in [2.24, 2.45) is 5.92 Å². The maximum atomic E-state index is 4.48. The predicted molar refractivity (Wildman–Crippen MR) is 85.3 cm³/mol. The van der Waals surface area contributed by atoms with E-state index in [9.17, 15) is 0 Å². The molecule has 0 spiro atoms. The molecule has 1 aliphatic rings. The average Bonchev–Trinajstić information content (AvgIpc) is 2.47. The maximum Gasteiger partial charge on any atom is 0.135 e. The van der Waals surface area contributed by atoms with Crippen molar-refractivity contribution in [3.63, 3.8) is 0 Å². The number of anilines is 2. The molecule has 1 aromatic rings. The first-order valence-corrected chi connectivity index (χ1v) is 7.94. The third-order valence-corrected chi connectivity index (χ3v) is 4.46. The minimum absolute atomic E-state index is 0.410. The summed E-state index contributed by atoms with van der Waals surface area (Å²) in [7, 11) is 1.92. The van der Waals surface area contributed by atoms with Crippen LogP contribution in [0.1, 0.15) is 64.4 Å². The van der Waals surface area contributed by atoms with Crippen LogP contribution in [-0.2, 0) is 0 Å². The second-order valence-corrected chi connectivity index (χ2v) is 6.16. The molecule has 0 unspecified atom stereocenters. The molecule has 4 nitrogen and oxygen atoms in total. The van der Waals surface area contributed by atoms with Crippen molar-refractivity contribution in [2.75, 3.05) is 17.7 Å². The Morgan fingerprint density at radius 3 is 2.35 bits per heavy atom. The van der Waals surface area contributed by atoms with Gasteiger partial charge in [0.2, 0.25) is 0 Å². The number of rotatable bonds is 5. The van der Waals surface area contributed by atoms with Crippen LogP contribution < -0.4 is 10.6 Å². The summed E-state index contributed by atoms with van der Waals surface area (Å²) < 4.78 is 0. The fourth-order valence-corrected chi connectivity index (χ4v) is 3.17. The van der Waals surface area contributed by atoms with Crippen molar-refractivity contribution < 1.29 is 0 Å². The molecule has 1 aromatic heterocycles. The van der Waals surface area contributed by atoms with Crippen LogP contribution in [0.25, 0.3) is 0 Å². The summed E-state index contributed by atoms with van der Waals surface area (Å²) in [5, 5.41) is 6.84. The Kier molecular flexibility index (Phi) is 5.21. The fraction of sp³-hybridized carbons (Fsp3) is 0.750. The SMILES string of the molecule is CCC1CCC(Nc2ncnc(NC)c2C(C)C)CC1. The van der Waals surface area contributed by atoms with E-state index in [0.29, 0.717) is 12.0 Å². The molecular formula is C16H28N4. The quantitative estimate of drug-likeness (QED) is 0.852. The second-order valence-electron chi connectivity index (χ2n) is 6.16. The Balaban J connectivity index is 2.09. The van der Waals surface area contributed by atoms with Gasteiger partial charge in [-0.1, -0.05) is 27.2 Å². The molecule has 1 saturated carbocycles. The lowest BCUT2D eigenvalue weighted by Crippen LogP contribution is -2.27. The molecule has 1 aliphatic carbocycles. The summed E-state index contributed by atoms with van der Waals surface area (Å²) in [6.45, 7) is 6.69. The van der Waals surface area contributed by atoms with Crippen molar-refractivity contribution in [2.45, 2.75) is 64.8 Å². The van der Waals surface area contributed by atoms with E-state index in [-0.39, 0.29) is 0 Å². The molecule has 0 saturated heterocycles. The van der Waals surface area contributed by atoms with Crippen molar-refractivity contribution in [1.29, 1.82) is 0 Å². The summed E-state index contributed by atoms with van der Waals surface area (Å²) in [5.41, 5.74) is 1.20. The molecule has 2 rings (SSSR count). The first kappa shape index (κ1) is 15.1. The Morgan fingerprint density at radius 1 is 1.15 bits per heavy atom. The van der Waals surface area contributed by atoms with E-state index in [1.807, 2.05) is 7.05 Å². The van der Waals surface area contributed by atoms with Crippen molar-refractivity contribution in [3.8, 4) is 0 Å². The highest BCUT2D eigenvalue weighted by Crippen LogP contribution is 2.32. The molecule has 1 heterocycles. The van der Waals surface area contributed by atoms with Crippen molar-refractivity contribution >= 4 is 11.6 Å². The van der Waals surface area contributed by atoms with Crippen LogP contribution in [0.4, 0.5) is 11.6 Å². The molecule has 4 heteroatoms. The van der Waals surface area contributed by atoms with Gasteiger partial charge in [-0.2, -0.15) is 0 Å². The number of nitrogens with zero attached hydrogens (tertiary/aromatic N) is 2. The number of nitrogens with one attached hydrogen (secondary N) is 2. The summed E-state index contributed by atoms with van der Waals surface area (Å²) >= 11 is 0. The first-order valence-electron chi connectivity index (χ1n) is 7.94. The summed E-state index contributed by atoms with van der Waals surface area (Å²) in [6.07, 6.45) is 8.17. The zero-order chi connectivity index (χ0) is 14.5. The van der Waals surface area contributed by atoms with Crippen LogP contribution in [0.15, 0.2) is 6.33 Å². The Labute approximate surface area is 122 Å². The molecule has 20 heavy (non-hydrogen) atoms. The van der Waals surface area contributed by atoms with Gasteiger partial charge in [0.25, 0.3) is 0 Å².